The summed E-state index contributed by atoms with van der Waals surface area (Å²) in [6.45, 7) is 0. The Morgan fingerprint density at radius 3 is 2.88 bits per heavy atom. The van der Waals surface area contributed by atoms with Crippen LogP contribution < -0.4 is 5.56 Å². The number of thioether (sulfide) groups is 1. The van der Waals surface area contributed by atoms with E-state index in [-0.39, 0.29) is 5.56 Å². The molecule has 3 rings (SSSR count). The van der Waals surface area contributed by atoms with E-state index in [1.807, 2.05) is 30.3 Å². The van der Waals surface area contributed by atoms with Crippen LogP contribution in [0.15, 0.2) is 40.2 Å². The third kappa shape index (κ3) is 2.00. The first-order valence-electron chi connectivity index (χ1n) is 5.66. The van der Waals surface area contributed by atoms with Gasteiger partial charge in [-0.3, -0.25) is 4.79 Å². The molecule has 3 nitrogen and oxygen atoms in total. The van der Waals surface area contributed by atoms with Crippen molar-refractivity contribution in [2.24, 2.45) is 0 Å². The smallest absolute Gasteiger partial charge is 0.277 e. The van der Waals surface area contributed by atoms with Gasteiger partial charge in [-0.2, -0.15) is 4.98 Å². The van der Waals surface area contributed by atoms with Crippen molar-refractivity contribution in [1.82, 2.24) is 9.97 Å². The number of aromatic nitrogens is 2. The monoisotopic (exact) mass is 244 g/mol. The topological polar surface area (TPSA) is 45.8 Å². The number of hydrogen-bond acceptors (Lipinski definition) is 3. The van der Waals surface area contributed by atoms with E-state index in [1.165, 1.54) is 0 Å². The maximum Gasteiger partial charge on any atom is 0.277 e. The Bertz CT molecular complexity index is 592. The lowest BCUT2D eigenvalue weighted by atomic mass is 10.1. The standard InChI is InChI=1S/C13H12N2OS/c16-12-10-7-4-8-17-13(10)15-11(14-12)9-5-2-1-3-6-9/h1-3,5-6H,4,7-8H2,(H,14,15,16). The third-order valence-corrected chi connectivity index (χ3v) is 3.97. The van der Waals surface area contributed by atoms with E-state index in [1.54, 1.807) is 11.8 Å². The van der Waals surface area contributed by atoms with Crippen molar-refractivity contribution in [2.45, 2.75) is 17.9 Å². The van der Waals surface area contributed by atoms with E-state index in [0.717, 1.165) is 34.7 Å². The second kappa shape index (κ2) is 4.37. The van der Waals surface area contributed by atoms with Gasteiger partial charge in [0.25, 0.3) is 5.56 Å². The van der Waals surface area contributed by atoms with Crippen LogP contribution in [0.1, 0.15) is 12.0 Å². The molecule has 2 aromatic rings. The zero-order valence-corrected chi connectivity index (χ0v) is 10.1. The van der Waals surface area contributed by atoms with Crippen LogP contribution in [-0.2, 0) is 6.42 Å². The molecule has 0 fully saturated rings. The first kappa shape index (κ1) is 10.6. The van der Waals surface area contributed by atoms with Gasteiger partial charge in [-0.15, -0.1) is 11.8 Å². The van der Waals surface area contributed by atoms with Gasteiger partial charge in [0.05, 0.1) is 5.03 Å². The quantitative estimate of drug-likeness (QED) is 0.784. The van der Waals surface area contributed by atoms with Crippen LogP contribution in [0, 0.1) is 0 Å². The summed E-state index contributed by atoms with van der Waals surface area (Å²) in [5.41, 5.74) is 1.73. The van der Waals surface area contributed by atoms with Gasteiger partial charge in [0.15, 0.2) is 0 Å². The van der Waals surface area contributed by atoms with E-state index in [0.29, 0.717) is 5.82 Å². The predicted octanol–water partition coefficient (Wildman–Crippen LogP) is 2.48. The van der Waals surface area contributed by atoms with Crippen molar-refractivity contribution < 1.29 is 0 Å². The lowest BCUT2D eigenvalue weighted by Crippen LogP contribution is -2.19. The second-order valence-electron chi connectivity index (χ2n) is 4.02. The average Bonchev–Trinajstić information content (AvgIpc) is 2.40. The van der Waals surface area contributed by atoms with Crippen molar-refractivity contribution in [1.29, 1.82) is 0 Å². The maximum atomic E-state index is 11.9. The Morgan fingerprint density at radius 1 is 1.24 bits per heavy atom. The fourth-order valence-corrected chi connectivity index (χ4v) is 3.00. The van der Waals surface area contributed by atoms with Crippen molar-refractivity contribution >= 4 is 11.8 Å². The highest BCUT2D eigenvalue weighted by molar-refractivity contribution is 7.99. The third-order valence-electron chi connectivity index (χ3n) is 2.84. The lowest BCUT2D eigenvalue weighted by Gasteiger charge is -2.14. The number of benzene rings is 1. The molecule has 1 aromatic heterocycles. The molecule has 0 unspecified atom stereocenters. The fraction of sp³-hybridized carbons (Fsp3) is 0.231. The van der Waals surface area contributed by atoms with Crippen LogP contribution in [0.25, 0.3) is 11.4 Å². The summed E-state index contributed by atoms with van der Waals surface area (Å²) >= 11 is 1.72. The molecular formula is C13H12N2OS. The molecule has 1 aliphatic heterocycles. The van der Waals surface area contributed by atoms with Crippen molar-refractivity contribution in [2.75, 3.05) is 5.75 Å². The van der Waals surface area contributed by atoms with E-state index in [4.69, 9.17) is 0 Å². The first-order valence-corrected chi connectivity index (χ1v) is 6.64. The SMILES string of the molecule is O=c1nc(-c2ccccc2)[nH]c2c1CCCS2. The molecule has 0 aliphatic carbocycles. The molecule has 17 heavy (non-hydrogen) atoms. The van der Waals surface area contributed by atoms with Crippen molar-refractivity contribution in [3.05, 3.63) is 46.2 Å². The molecule has 1 aliphatic rings. The molecule has 0 spiro atoms. The molecule has 1 N–H and O–H groups in total. The van der Waals surface area contributed by atoms with Crippen LogP contribution in [0.2, 0.25) is 0 Å². The molecule has 86 valence electrons. The van der Waals surface area contributed by atoms with Gasteiger partial charge >= 0.3 is 0 Å². The molecular weight excluding hydrogens is 232 g/mol. The first-order chi connectivity index (χ1) is 8.34. The van der Waals surface area contributed by atoms with Gasteiger partial charge in [0, 0.05) is 11.1 Å². The van der Waals surface area contributed by atoms with Gasteiger partial charge in [-0.05, 0) is 18.6 Å². The molecule has 4 heteroatoms. The summed E-state index contributed by atoms with van der Waals surface area (Å²) in [5, 5.41) is 0.995. The maximum absolute atomic E-state index is 11.9. The number of nitrogens with zero attached hydrogens (tertiary/aromatic N) is 1. The van der Waals surface area contributed by atoms with Gasteiger partial charge in [0.1, 0.15) is 5.82 Å². The number of hydrogen-bond donors (Lipinski definition) is 1. The summed E-state index contributed by atoms with van der Waals surface area (Å²) in [6.07, 6.45) is 1.91. The zero-order chi connectivity index (χ0) is 11.7. The number of rotatable bonds is 1. The number of fused-ring (bicyclic) bond motifs is 1. The Morgan fingerprint density at radius 2 is 2.06 bits per heavy atom. The zero-order valence-electron chi connectivity index (χ0n) is 9.27. The minimum atomic E-state index is -0.0789. The second-order valence-corrected chi connectivity index (χ2v) is 5.12. The molecule has 0 atom stereocenters. The molecule has 0 saturated heterocycles. The van der Waals surface area contributed by atoms with E-state index in [2.05, 4.69) is 9.97 Å². The van der Waals surface area contributed by atoms with E-state index < -0.39 is 0 Å². The van der Waals surface area contributed by atoms with Crippen LogP contribution in [0.3, 0.4) is 0 Å². The molecule has 0 amide bonds. The Labute approximate surface area is 103 Å². The van der Waals surface area contributed by atoms with Crippen molar-refractivity contribution in [3.63, 3.8) is 0 Å². The highest BCUT2D eigenvalue weighted by Crippen LogP contribution is 2.27. The van der Waals surface area contributed by atoms with Gasteiger partial charge in [-0.25, -0.2) is 0 Å². The van der Waals surface area contributed by atoms with Crippen LogP contribution in [0.5, 0.6) is 0 Å². The minimum absolute atomic E-state index is 0.0789. The molecule has 0 bridgehead atoms. The molecule has 1 aromatic carbocycles. The van der Waals surface area contributed by atoms with Crippen molar-refractivity contribution in [3.8, 4) is 11.4 Å². The lowest BCUT2D eigenvalue weighted by molar-refractivity contribution is 0.824. The summed E-state index contributed by atoms with van der Waals surface area (Å²) in [5.74, 6) is 1.74. The van der Waals surface area contributed by atoms with Gasteiger partial charge < -0.3 is 4.98 Å². The Kier molecular flexibility index (Phi) is 2.73. The predicted molar refractivity (Wildman–Crippen MR) is 69.3 cm³/mol. The van der Waals surface area contributed by atoms with Crippen LogP contribution in [0.4, 0.5) is 0 Å². The largest absolute Gasteiger partial charge is 0.334 e. The average molecular weight is 244 g/mol. The Hall–Kier alpha value is -1.55. The molecule has 0 saturated carbocycles. The Balaban J connectivity index is 2.14. The van der Waals surface area contributed by atoms with Crippen LogP contribution >= 0.6 is 11.8 Å². The summed E-state index contributed by atoms with van der Waals surface area (Å²) in [4.78, 5) is 19.3. The van der Waals surface area contributed by atoms with Gasteiger partial charge in [-0.1, -0.05) is 30.3 Å². The summed E-state index contributed by atoms with van der Waals surface area (Å²) in [6, 6.07) is 9.76. The number of aromatic amines is 1. The summed E-state index contributed by atoms with van der Waals surface area (Å²) in [7, 11) is 0. The van der Waals surface area contributed by atoms with E-state index in [9.17, 15) is 4.79 Å². The molecule has 2 heterocycles. The highest BCUT2D eigenvalue weighted by Gasteiger charge is 2.16. The normalized spacial score (nSPS) is 14.4. The minimum Gasteiger partial charge on any atom is -0.334 e. The van der Waals surface area contributed by atoms with Gasteiger partial charge in [0.2, 0.25) is 0 Å². The molecule has 0 radical (unpaired) electrons. The van der Waals surface area contributed by atoms with Crippen LogP contribution in [-0.4, -0.2) is 15.7 Å². The fourth-order valence-electron chi connectivity index (χ4n) is 1.98. The summed E-state index contributed by atoms with van der Waals surface area (Å²) < 4.78 is 0. The van der Waals surface area contributed by atoms with E-state index >= 15 is 0 Å². The number of nitrogens with one attached hydrogen (secondary N) is 1. The number of H-pyrrole nitrogens is 1. The highest BCUT2D eigenvalue weighted by atomic mass is 32.2.